The normalized spacial score (nSPS) is 6.76. The van der Waals surface area contributed by atoms with E-state index in [1.165, 1.54) is 0 Å². The summed E-state index contributed by atoms with van der Waals surface area (Å²) < 4.78 is 0. The summed E-state index contributed by atoms with van der Waals surface area (Å²) >= 11 is 0. The van der Waals surface area contributed by atoms with Crippen LogP contribution < -0.4 is 0 Å². The molecule has 0 amide bonds. The molecule has 2 aromatic rings. The number of benzene rings is 2. The van der Waals surface area contributed by atoms with Gasteiger partial charge in [-0.2, -0.15) is 0 Å². The summed E-state index contributed by atoms with van der Waals surface area (Å²) in [6.07, 6.45) is 5.10. The lowest BCUT2D eigenvalue weighted by atomic mass is 10.2. The SMILES string of the molecule is C.C#Cc1ccccc1.C=C.c1ccccc1. The molecule has 0 nitrogen and oxygen atoms in total. The monoisotopic (exact) mass is 224 g/mol. The van der Waals surface area contributed by atoms with E-state index in [9.17, 15) is 0 Å². The standard InChI is InChI=1S/C8H6.C6H6.C2H4.CH4/c1-2-8-6-4-3-5-7-8;1-2-4-6-5-3-1;1-2;/h1,3-7H;1-6H;1-2H2;1H4. The van der Waals surface area contributed by atoms with E-state index in [0.29, 0.717) is 0 Å². The molecule has 0 aromatic heterocycles. The van der Waals surface area contributed by atoms with Crippen LogP contribution in [0, 0.1) is 12.3 Å². The van der Waals surface area contributed by atoms with Gasteiger partial charge in [0.05, 0.1) is 0 Å². The topological polar surface area (TPSA) is 0 Å². The molecule has 0 spiro atoms. The lowest BCUT2D eigenvalue weighted by Crippen LogP contribution is -1.66. The van der Waals surface area contributed by atoms with Gasteiger partial charge in [0.25, 0.3) is 0 Å². The fourth-order valence-electron chi connectivity index (χ4n) is 0.919. The van der Waals surface area contributed by atoms with Gasteiger partial charge >= 0.3 is 0 Å². The van der Waals surface area contributed by atoms with Crippen LogP contribution in [0.2, 0.25) is 0 Å². The fraction of sp³-hybridized carbons (Fsp3) is 0.0588. The van der Waals surface area contributed by atoms with Crippen molar-refractivity contribution in [3.63, 3.8) is 0 Å². The first kappa shape index (κ1) is 17.1. The minimum Gasteiger partial charge on any atom is -0.115 e. The van der Waals surface area contributed by atoms with Gasteiger partial charge in [0.2, 0.25) is 0 Å². The highest BCUT2D eigenvalue weighted by molar-refractivity contribution is 5.30. The number of hydrogen-bond donors (Lipinski definition) is 0. The summed E-state index contributed by atoms with van der Waals surface area (Å²) in [7, 11) is 0. The Hall–Kier alpha value is -2.26. The minimum absolute atomic E-state index is 0. The Morgan fingerprint density at radius 1 is 0.706 bits per heavy atom. The van der Waals surface area contributed by atoms with Crippen molar-refractivity contribution in [2.24, 2.45) is 0 Å². The van der Waals surface area contributed by atoms with Crippen molar-refractivity contribution in [2.75, 3.05) is 0 Å². The van der Waals surface area contributed by atoms with Crippen molar-refractivity contribution >= 4 is 0 Å². The zero-order valence-corrected chi connectivity index (χ0v) is 9.34. The highest BCUT2D eigenvalue weighted by atomic mass is 13.8. The van der Waals surface area contributed by atoms with Gasteiger partial charge in [-0.1, -0.05) is 67.9 Å². The molecule has 0 radical (unpaired) electrons. The van der Waals surface area contributed by atoms with Gasteiger partial charge in [-0.05, 0) is 12.1 Å². The second-order valence-electron chi connectivity index (χ2n) is 2.67. The minimum atomic E-state index is 0. The van der Waals surface area contributed by atoms with Crippen molar-refractivity contribution in [1.29, 1.82) is 0 Å². The molecule has 0 fully saturated rings. The van der Waals surface area contributed by atoms with Gasteiger partial charge in [-0.25, -0.2) is 0 Å². The Kier molecular flexibility index (Phi) is 13.9. The average Bonchev–Trinajstić information content (AvgIpc) is 2.44. The van der Waals surface area contributed by atoms with Crippen LogP contribution in [-0.4, -0.2) is 0 Å². The number of hydrogen-bond acceptors (Lipinski definition) is 0. The molecule has 2 rings (SSSR count). The molecule has 0 unspecified atom stereocenters. The molecule has 88 valence electrons. The summed E-state index contributed by atoms with van der Waals surface area (Å²) in [5, 5.41) is 0. The summed E-state index contributed by atoms with van der Waals surface area (Å²) in [5.74, 6) is 2.53. The molecule has 0 heterocycles. The Bertz CT molecular complexity index is 355. The molecule has 0 aliphatic heterocycles. The van der Waals surface area contributed by atoms with Gasteiger partial charge in [0.15, 0.2) is 0 Å². The summed E-state index contributed by atoms with van der Waals surface area (Å²) in [6, 6.07) is 21.6. The number of terminal acetylenes is 1. The van der Waals surface area contributed by atoms with Crippen molar-refractivity contribution in [3.8, 4) is 12.3 Å². The molecule has 0 bridgehead atoms. The number of rotatable bonds is 0. The molecule has 0 N–H and O–H groups in total. The van der Waals surface area contributed by atoms with Gasteiger partial charge in [0, 0.05) is 5.56 Å². The largest absolute Gasteiger partial charge is 0.115 e. The summed E-state index contributed by atoms with van der Waals surface area (Å²) in [5.41, 5.74) is 0.938. The predicted molar refractivity (Wildman–Crippen MR) is 78.8 cm³/mol. The quantitative estimate of drug-likeness (QED) is 0.445. The van der Waals surface area contributed by atoms with E-state index in [1.54, 1.807) is 0 Å². The van der Waals surface area contributed by atoms with Crippen LogP contribution in [0.3, 0.4) is 0 Å². The van der Waals surface area contributed by atoms with Gasteiger partial charge in [-0.15, -0.1) is 19.6 Å². The highest BCUT2D eigenvalue weighted by Crippen LogP contribution is 1.93. The first-order valence-electron chi connectivity index (χ1n) is 4.95. The second-order valence-corrected chi connectivity index (χ2v) is 2.67. The highest BCUT2D eigenvalue weighted by Gasteiger charge is 1.76. The smallest absolute Gasteiger partial charge is 0.0242 e. The van der Waals surface area contributed by atoms with Gasteiger partial charge < -0.3 is 0 Å². The van der Waals surface area contributed by atoms with Gasteiger partial charge in [0.1, 0.15) is 0 Å². The van der Waals surface area contributed by atoms with Crippen LogP contribution in [0.5, 0.6) is 0 Å². The predicted octanol–water partition coefficient (Wildman–Crippen LogP) is 4.79. The molecule has 2 aromatic carbocycles. The third kappa shape index (κ3) is 10.0. The van der Waals surface area contributed by atoms with Crippen LogP contribution >= 0.6 is 0 Å². The molecule has 0 aliphatic carbocycles. The van der Waals surface area contributed by atoms with Crippen LogP contribution in [0.25, 0.3) is 0 Å². The fourth-order valence-corrected chi connectivity index (χ4v) is 0.919. The van der Waals surface area contributed by atoms with E-state index in [-0.39, 0.29) is 7.43 Å². The van der Waals surface area contributed by atoms with E-state index >= 15 is 0 Å². The zero-order valence-electron chi connectivity index (χ0n) is 9.34. The maximum atomic E-state index is 5.10. The second kappa shape index (κ2) is 13.7. The molecule has 0 atom stereocenters. The van der Waals surface area contributed by atoms with E-state index in [0.717, 1.165) is 5.56 Å². The van der Waals surface area contributed by atoms with Crippen LogP contribution in [0.1, 0.15) is 13.0 Å². The molecular formula is C17H20. The first-order valence-corrected chi connectivity index (χ1v) is 4.95. The van der Waals surface area contributed by atoms with Crippen molar-refractivity contribution in [3.05, 3.63) is 85.5 Å². The lowest BCUT2D eigenvalue weighted by Gasteiger charge is -1.82. The van der Waals surface area contributed by atoms with Gasteiger partial charge in [-0.3, -0.25) is 0 Å². The van der Waals surface area contributed by atoms with E-state index in [1.807, 2.05) is 66.7 Å². The van der Waals surface area contributed by atoms with E-state index < -0.39 is 0 Å². The summed E-state index contributed by atoms with van der Waals surface area (Å²) in [4.78, 5) is 0. The Labute approximate surface area is 106 Å². The maximum Gasteiger partial charge on any atom is 0.0242 e. The third-order valence-corrected chi connectivity index (χ3v) is 1.61. The first-order chi connectivity index (χ1) is 7.93. The molecule has 17 heavy (non-hydrogen) atoms. The van der Waals surface area contributed by atoms with Crippen LogP contribution in [-0.2, 0) is 0 Å². The Balaban J connectivity index is 0. The molecule has 0 saturated carbocycles. The third-order valence-electron chi connectivity index (χ3n) is 1.61. The van der Waals surface area contributed by atoms with Crippen molar-refractivity contribution in [1.82, 2.24) is 0 Å². The van der Waals surface area contributed by atoms with Crippen LogP contribution in [0.4, 0.5) is 0 Å². The van der Waals surface area contributed by atoms with Crippen molar-refractivity contribution in [2.45, 2.75) is 7.43 Å². The van der Waals surface area contributed by atoms with Crippen LogP contribution in [0.15, 0.2) is 79.9 Å². The lowest BCUT2D eigenvalue weighted by molar-refractivity contribution is 1.65. The molecule has 0 aliphatic rings. The summed E-state index contributed by atoms with van der Waals surface area (Å²) in [6.45, 7) is 6.00. The average molecular weight is 224 g/mol. The Morgan fingerprint density at radius 3 is 1.24 bits per heavy atom. The van der Waals surface area contributed by atoms with E-state index in [2.05, 4.69) is 19.1 Å². The zero-order chi connectivity index (χ0) is 12.1. The Morgan fingerprint density at radius 2 is 1.00 bits per heavy atom. The molecule has 0 saturated heterocycles. The molecule has 0 heteroatoms. The van der Waals surface area contributed by atoms with E-state index in [4.69, 9.17) is 6.42 Å². The van der Waals surface area contributed by atoms with Crippen molar-refractivity contribution < 1.29 is 0 Å². The maximum absolute atomic E-state index is 5.10. The molecular weight excluding hydrogens is 204 g/mol.